The van der Waals surface area contributed by atoms with Crippen molar-refractivity contribution in [3.05, 3.63) is 110 Å². The molecule has 4 aromatic carbocycles. The van der Waals surface area contributed by atoms with Crippen molar-refractivity contribution in [3.8, 4) is 28.7 Å². The van der Waals surface area contributed by atoms with E-state index in [9.17, 15) is 40.2 Å². The van der Waals surface area contributed by atoms with Crippen LogP contribution in [0, 0.1) is 6.92 Å². The smallest absolute Gasteiger partial charge is 0.201 e. The highest BCUT2D eigenvalue weighted by Crippen LogP contribution is 2.56. The Morgan fingerprint density at radius 3 is 1.79 bits per heavy atom. The van der Waals surface area contributed by atoms with Crippen molar-refractivity contribution < 1.29 is 40.2 Å². The standard InChI is InChI=1S/C30H22O8/c1-12-5-16-24(18-9-14(32)10-22(36)28(18)30(38)26(16)20(34)6-12)23-15-3-2-4-19(33)25(15)29(37)27-17(23)7-13(11-31)8-21(27)35/h2-10,23-24,31-36H,11H2,1H3/t23-,24+/m1/s1. The summed E-state index contributed by atoms with van der Waals surface area (Å²) in [4.78, 5) is 27.2. The van der Waals surface area contributed by atoms with Crippen molar-refractivity contribution in [3.63, 3.8) is 0 Å². The van der Waals surface area contributed by atoms with E-state index in [4.69, 9.17) is 0 Å². The van der Waals surface area contributed by atoms with Crippen LogP contribution in [0.2, 0.25) is 0 Å². The van der Waals surface area contributed by atoms with Crippen LogP contribution in [0.5, 0.6) is 28.7 Å². The highest BCUT2D eigenvalue weighted by atomic mass is 16.3. The van der Waals surface area contributed by atoms with E-state index in [0.29, 0.717) is 27.8 Å². The predicted molar refractivity (Wildman–Crippen MR) is 135 cm³/mol. The molecule has 4 aromatic rings. The zero-order valence-corrected chi connectivity index (χ0v) is 20.1. The lowest BCUT2D eigenvalue weighted by atomic mass is 9.63. The van der Waals surface area contributed by atoms with Gasteiger partial charge in [-0.05, 0) is 64.6 Å². The van der Waals surface area contributed by atoms with Crippen LogP contribution >= 0.6 is 0 Å². The second-order valence-corrected chi connectivity index (χ2v) is 9.77. The van der Waals surface area contributed by atoms with Crippen LogP contribution in [0.3, 0.4) is 0 Å². The second kappa shape index (κ2) is 8.09. The minimum absolute atomic E-state index is 0.0294. The molecule has 8 nitrogen and oxygen atoms in total. The molecule has 0 amide bonds. The van der Waals surface area contributed by atoms with Gasteiger partial charge in [-0.15, -0.1) is 0 Å². The topological polar surface area (TPSA) is 156 Å². The van der Waals surface area contributed by atoms with E-state index in [0.717, 1.165) is 6.07 Å². The number of aromatic hydroxyl groups is 5. The molecule has 2 atom stereocenters. The van der Waals surface area contributed by atoms with E-state index in [1.54, 1.807) is 31.2 Å². The molecule has 38 heavy (non-hydrogen) atoms. The summed E-state index contributed by atoms with van der Waals surface area (Å²) in [5.41, 5.74) is 2.09. The van der Waals surface area contributed by atoms with E-state index < -0.39 is 35.8 Å². The van der Waals surface area contributed by atoms with Gasteiger partial charge in [-0.25, -0.2) is 0 Å². The molecule has 0 fully saturated rings. The van der Waals surface area contributed by atoms with Gasteiger partial charge < -0.3 is 30.6 Å². The second-order valence-electron chi connectivity index (χ2n) is 9.77. The molecular formula is C30H22O8. The summed E-state index contributed by atoms with van der Waals surface area (Å²) < 4.78 is 0. The van der Waals surface area contributed by atoms with Crippen molar-refractivity contribution in [2.24, 2.45) is 0 Å². The van der Waals surface area contributed by atoms with Gasteiger partial charge in [-0.1, -0.05) is 24.3 Å². The SMILES string of the molecule is Cc1cc(O)c2c(c1)[C@H]([C@@H]1c3cccc(O)c3C(=O)c3c(O)cc(CO)cc31)c1cc(O)cc(O)c1C2=O. The van der Waals surface area contributed by atoms with Crippen LogP contribution in [-0.2, 0) is 6.61 Å². The zero-order chi connectivity index (χ0) is 27.0. The molecular weight excluding hydrogens is 488 g/mol. The Hall–Kier alpha value is -4.82. The quantitative estimate of drug-likeness (QED) is 0.236. The van der Waals surface area contributed by atoms with Gasteiger partial charge in [-0.3, -0.25) is 9.59 Å². The zero-order valence-electron chi connectivity index (χ0n) is 20.1. The summed E-state index contributed by atoms with van der Waals surface area (Å²) in [6.07, 6.45) is 0. The minimum Gasteiger partial charge on any atom is -0.508 e. The van der Waals surface area contributed by atoms with Gasteiger partial charge in [0.2, 0.25) is 11.6 Å². The molecule has 0 aromatic heterocycles. The summed E-state index contributed by atoms with van der Waals surface area (Å²) in [6.45, 7) is 1.32. The number of phenols is 5. The van der Waals surface area contributed by atoms with Crippen molar-refractivity contribution in [2.45, 2.75) is 25.4 Å². The highest BCUT2D eigenvalue weighted by molar-refractivity contribution is 6.18. The average Bonchev–Trinajstić information content (AvgIpc) is 2.84. The van der Waals surface area contributed by atoms with Gasteiger partial charge in [0.15, 0.2) is 0 Å². The number of benzene rings is 4. The molecule has 0 unspecified atom stereocenters. The van der Waals surface area contributed by atoms with Crippen LogP contribution in [0.25, 0.3) is 0 Å². The van der Waals surface area contributed by atoms with Crippen LogP contribution in [0.1, 0.15) is 77.1 Å². The maximum Gasteiger partial charge on any atom is 0.201 e. The van der Waals surface area contributed by atoms with Crippen LogP contribution in [-0.4, -0.2) is 42.2 Å². The first-order valence-corrected chi connectivity index (χ1v) is 11.9. The summed E-state index contributed by atoms with van der Waals surface area (Å²) in [5, 5.41) is 63.6. The molecule has 6 rings (SSSR count). The van der Waals surface area contributed by atoms with Crippen molar-refractivity contribution in [1.29, 1.82) is 0 Å². The van der Waals surface area contributed by atoms with E-state index >= 15 is 0 Å². The Kier molecular flexibility index (Phi) is 5.02. The summed E-state index contributed by atoms with van der Waals surface area (Å²) in [7, 11) is 0. The molecule has 0 saturated carbocycles. The lowest BCUT2D eigenvalue weighted by molar-refractivity contribution is 0.101. The molecule has 8 heteroatoms. The number of carbonyl (C=O) groups is 2. The fourth-order valence-electron chi connectivity index (χ4n) is 6.07. The Morgan fingerprint density at radius 1 is 0.605 bits per heavy atom. The van der Waals surface area contributed by atoms with Gasteiger partial charge >= 0.3 is 0 Å². The average molecular weight is 510 g/mol. The molecule has 0 heterocycles. The third kappa shape index (κ3) is 3.13. The van der Waals surface area contributed by atoms with Gasteiger partial charge in [0, 0.05) is 17.9 Å². The first-order valence-electron chi connectivity index (χ1n) is 11.9. The van der Waals surface area contributed by atoms with Crippen LogP contribution in [0.15, 0.2) is 54.6 Å². The van der Waals surface area contributed by atoms with Gasteiger partial charge in [0.1, 0.15) is 28.7 Å². The Balaban J connectivity index is 1.79. The molecule has 0 bridgehead atoms. The van der Waals surface area contributed by atoms with E-state index in [1.165, 1.54) is 24.3 Å². The van der Waals surface area contributed by atoms with Crippen molar-refractivity contribution >= 4 is 11.6 Å². The van der Waals surface area contributed by atoms with Crippen LogP contribution < -0.4 is 0 Å². The van der Waals surface area contributed by atoms with Gasteiger partial charge in [0.25, 0.3) is 0 Å². The molecule has 6 N–H and O–H groups in total. The third-order valence-electron chi connectivity index (χ3n) is 7.47. The number of carbonyl (C=O) groups excluding carboxylic acids is 2. The van der Waals surface area contributed by atoms with Crippen LogP contribution in [0.4, 0.5) is 0 Å². The number of aryl methyl sites for hydroxylation is 1. The monoisotopic (exact) mass is 510 g/mol. The fraction of sp³-hybridized carbons (Fsp3) is 0.133. The lowest BCUT2D eigenvalue weighted by Crippen LogP contribution is -2.29. The van der Waals surface area contributed by atoms with E-state index in [1.807, 2.05) is 0 Å². The summed E-state index contributed by atoms with van der Waals surface area (Å²) in [6, 6.07) is 13.0. The molecule has 2 aliphatic rings. The number of ketones is 2. The number of rotatable bonds is 2. The number of hydrogen-bond acceptors (Lipinski definition) is 8. The maximum atomic E-state index is 13.6. The Labute approximate surface area is 216 Å². The molecule has 2 aliphatic carbocycles. The first kappa shape index (κ1) is 23.6. The van der Waals surface area contributed by atoms with Gasteiger partial charge in [-0.2, -0.15) is 0 Å². The predicted octanol–water partition coefficient (Wildman–Crippen LogP) is 4.07. The van der Waals surface area contributed by atoms with Crippen molar-refractivity contribution in [2.75, 3.05) is 0 Å². The summed E-state index contributed by atoms with van der Waals surface area (Å²) >= 11 is 0. The first-order chi connectivity index (χ1) is 18.1. The largest absolute Gasteiger partial charge is 0.508 e. The maximum absolute atomic E-state index is 13.6. The molecule has 0 radical (unpaired) electrons. The fourth-order valence-corrected chi connectivity index (χ4v) is 6.07. The Bertz CT molecular complexity index is 1660. The van der Waals surface area contributed by atoms with Gasteiger partial charge in [0.05, 0.1) is 28.9 Å². The number of phenolic OH excluding ortho intramolecular Hbond substituents is 5. The molecule has 0 saturated heterocycles. The normalized spacial score (nSPS) is 17.4. The molecule has 190 valence electrons. The molecule has 0 spiro atoms. The number of aliphatic hydroxyl groups excluding tert-OH is 1. The summed E-state index contributed by atoms with van der Waals surface area (Å²) in [5.74, 6) is -4.67. The van der Waals surface area contributed by atoms with Crippen molar-refractivity contribution in [1.82, 2.24) is 0 Å². The Morgan fingerprint density at radius 2 is 1.13 bits per heavy atom. The van der Waals surface area contributed by atoms with E-state index in [2.05, 4.69) is 0 Å². The third-order valence-corrected chi connectivity index (χ3v) is 7.47. The van der Waals surface area contributed by atoms with E-state index in [-0.39, 0.29) is 50.8 Å². The number of fused-ring (bicyclic) bond motifs is 4. The highest BCUT2D eigenvalue weighted by Gasteiger charge is 2.45. The number of aliphatic hydroxyl groups is 1. The minimum atomic E-state index is -0.859. The molecule has 0 aliphatic heterocycles. The lowest BCUT2D eigenvalue weighted by Gasteiger charge is -2.38. The number of hydrogen-bond donors (Lipinski definition) is 6.